The number of benzene rings is 1. The minimum absolute atomic E-state index is 0.0314. The molecule has 1 amide bonds. The number of anilines is 1. The van der Waals surface area contributed by atoms with Crippen molar-refractivity contribution >= 4 is 39.3 Å². The molecule has 150 valence electrons. The molecule has 2 aromatic rings. The number of halogens is 2. The van der Waals surface area contributed by atoms with Gasteiger partial charge in [0.05, 0.1) is 23.1 Å². The van der Waals surface area contributed by atoms with Crippen LogP contribution in [0.2, 0.25) is 5.02 Å². The van der Waals surface area contributed by atoms with E-state index in [1.165, 1.54) is 6.20 Å². The zero-order chi connectivity index (χ0) is 20.3. The van der Waals surface area contributed by atoms with Crippen molar-refractivity contribution < 1.29 is 19.0 Å². The van der Waals surface area contributed by atoms with E-state index in [-0.39, 0.29) is 11.8 Å². The zero-order valence-electron chi connectivity index (χ0n) is 15.9. The summed E-state index contributed by atoms with van der Waals surface area (Å²) < 4.78 is 16.7. The van der Waals surface area contributed by atoms with Crippen molar-refractivity contribution in [2.45, 2.75) is 25.2 Å². The number of carbonyl (C=O) groups excluding carboxylic acids is 1. The van der Waals surface area contributed by atoms with Crippen LogP contribution in [0.15, 0.2) is 41.0 Å². The summed E-state index contributed by atoms with van der Waals surface area (Å²) in [6, 6.07) is 9.32. The van der Waals surface area contributed by atoms with Crippen LogP contribution in [-0.4, -0.2) is 38.0 Å². The van der Waals surface area contributed by atoms with Gasteiger partial charge >= 0.3 is 0 Å². The van der Waals surface area contributed by atoms with Gasteiger partial charge in [-0.15, -0.1) is 0 Å². The standard InChI is InChI=1S/C20H22BrClN2O4/c1-26-16-6-4-13(5-7-16)12-24(18-17(21)8-15(22)11-23-18)19(25)14-9-20(10-14,27-2)28-3/h4-8,11,14H,9-10,12H2,1-3H3. The quantitative estimate of drug-likeness (QED) is 0.561. The Kier molecular flexibility index (Phi) is 6.60. The van der Waals surface area contributed by atoms with Crippen LogP contribution >= 0.6 is 27.5 Å². The van der Waals surface area contributed by atoms with E-state index in [1.54, 1.807) is 32.3 Å². The predicted molar refractivity (Wildman–Crippen MR) is 111 cm³/mol. The van der Waals surface area contributed by atoms with Gasteiger partial charge in [0.1, 0.15) is 11.6 Å². The molecule has 0 N–H and O–H groups in total. The smallest absolute Gasteiger partial charge is 0.232 e. The second-order valence-corrected chi connectivity index (χ2v) is 7.95. The van der Waals surface area contributed by atoms with E-state index in [1.807, 2.05) is 24.3 Å². The van der Waals surface area contributed by atoms with E-state index in [9.17, 15) is 4.79 Å². The van der Waals surface area contributed by atoms with Crippen LogP contribution in [-0.2, 0) is 20.8 Å². The summed E-state index contributed by atoms with van der Waals surface area (Å²) in [4.78, 5) is 19.4. The first-order chi connectivity index (χ1) is 13.4. The van der Waals surface area contributed by atoms with E-state index in [4.69, 9.17) is 25.8 Å². The predicted octanol–water partition coefficient (Wildman–Crippen LogP) is 4.44. The lowest BCUT2D eigenvalue weighted by Crippen LogP contribution is -2.53. The van der Waals surface area contributed by atoms with Crippen molar-refractivity contribution in [1.82, 2.24) is 4.98 Å². The fourth-order valence-electron chi connectivity index (χ4n) is 3.28. The summed E-state index contributed by atoms with van der Waals surface area (Å²) in [6.45, 7) is 0.375. The Morgan fingerprint density at radius 3 is 2.43 bits per heavy atom. The summed E-state index contributed by atoms with van der Waals surface area (Å²) in [5.74, 6) is 0.365. The Morgan fingerprint density at radius 2 is 1.89 bits per heavy atom. The third-order valence-electron chi connectivity index (χ3n) is 5.02. The maximum Gasteiger partial charge on any atom is 0.232 e. The SMILES string of the molecule is COc1ccc(CN(C(=O)C2CC(OC)(OC)C2)c2ncc(Cl)cc2Br)cc1. The molecule has 1 fully saturated rings. The topological polar surface area (TPSA) is 60.9 Å². The molecule has 0 spiro atoms. The van der Waals surface area contributed by atoms with Gasteiger partial charge in [0.25, 0.3) is 0 Å². The molecule has 6 nitrogen and oxygen atoms in total. The largest absolute Gasteiger partial charge is 0.497 e. The minimum Gasteiger partial charge on any atom is -0.497 e. The molecular weight excluding hydrogens is 448 g/mol. The van der Waals surface area contributed by atoms with Gasteiger partial charge in [-0.1, -0.05) is 23.7 Å². The van der Waals surface area contributed by atoms with Gasteiger partial charge in [0.2, 0.25) is 5.91 Å². The Hall–Kier alpha value is -1.67. The van der Waals surface area contributed by atoms with E-state index in [2.05, 4.69) is 20.9 Å². The molecule has 1 aromatic heterocycles. The molecule has 3 rings (SSSR count). The summed E-state index contributed by atoms with van der Waals surface area (Å²) in [5.41, 5.74) is 0.960. The first-order valence-electron chi connectivity index (χ1n) is 8.77. The lowest BCUT2D eigenvalue weighted by atomic mass is 9.77. The lowest BCUT2D eigenvalue weighted by Gasteiger charge is -2.45. The maximum absolute atomic E-state index is 13.3. The first kappa shape index (κ1) is 21.0. The number of pyridine rings is 1. The minimum atomic E-state index is -0.684. The normalized spacial score (nSPS) is 15.8. The fraction of sp³-hybridized carbons (Fsp3) is 0.400. The van der Waals surface area contributed by atoms with Gasteiger partial charge in [0, 0.05) is 39.2 Å². The van der Waals surface area contributed by atoms with Gasteiger partial charge in [-0.05, 0) is 39.7 Å². The Morgan fingerprint density at radius 1 is 1.25 bits per heavy atom. The highest BCUT2D eigenvalue weighted by molar-refractivity contribution is 9.10. The van der Waals surface area contributed by atoms with Crippen LogP contribution in [0.4, 0.5) is 5.82 Å². The molecule has 1 aliphatic rings. The molecule has 8 heteroatoms. The van der Waals surface area contributed by atoms with Crippen molar-refractivity contribution in [3.63, 3.8) is 0 Å². The average molecular weight is 470 g/mol. The van der Waals surface area contributed by atoms with Gasteiger partial charge < -0.3 is 14.2 Å². The number of amides is 1. The number of nitrogens with zero attached hydrogens (tertiary/aromatic N) is 2. The molecule has 0 saturated heterocycles. The second kappa shape index (κ2) is 8.78. The molecule has 1 saturated carbocycles. The number of hydrogen-bond donors (Lipinski definition) is 0. The van der Waals surface area contributed by atoms with E-state index >= 15 is 0 Å². The molecule has 0 unspecified atom stereocenters. The number of hydrogen-bond acceptors (Lipinski definition) is 5. The molecule has 1 heterocycles. The number of methoxy groups -OCH3 is 3. The molecule has 0 aliphatic heterocycles. The Bertz CT molecular complexity index is 835. The first-order valence-corrected chi connectivity index (χ1v) is 9.94. The number of rotatable bonds is 7. The molecule has 1 aromatic carbocycles. The fourth-order valence-corrected chi connectivity index (χ4v) is 4.13. The third-order valence-corrected chi connectivity index (χ3v) is 5.81. The highest BCUT2D eigenvalue weighted by Crippen LogP contribution is 2.43. The second-order valence-electron chi connectivity index (χ2n) is 6.66. The molecule has 0 radical (unpaired) electrons. The Balaban J connectivity index is 1.87. The molecular formula is C20H22BrClN2O4. The molecule has 0 atom stereocenters. The van der Waals surface area contributed by atoms with Gasteiger partial charge in [-0.2, -0.15) is 0 Å². The molecule has 0 bridgehead atoms. The maximum atomic E-state index is 13.3. The van der Waals surface area contributed by atoms with Crippen LogP contribution in [0.1, 0.15) is 18.4 Å². The monoisotopic (exact) mass is 468 g/mol. The highest BCUT2D eigenvalue weighted by Gasteiger charge is 2.50. The van der Waals surface area contributed by atoms with Crippen LogP contribution in [0.5, 0.6) is 5.75 Å². The molecule has 28 heavy (non-hydrogen) atoms. The zero-order valence-corrected chi connectivity index (χ0v) is 18.3. The summed E-state index contributed by atoms with van der Waals surface area (Å²) in [5, 5.41) is 0.494. The van der Waals surface area contributed by atoms with Gasteiger partial charge in [-0.3, -0.25) is 9.69 Å². The van der Waals surface area contributed by atoms with Crippen molar-refractivity contribution in [1.29, 1.82) is 0 Å². The third kappa shape index (κ3) is 4.33. The van der Waals surface area contributed by atoms with E-state index in [0.29, 0.717) is 34.7 Å². The summed E-state index contributed by atoms with van der Waals surface area (Å²) in [7, 11) is 4.81. The number of carbonyl (C=O) groups is 1. The van der Waals surface area contributed by atoms with Crippen LogP contribution in [0, 0.1) is 5.92 Å². The van der Waals surface area contributed by atoms with Crippen molar-refractivity contribution in [2.24, 2.45) is 5.92 Å². The van der Waals surface area contributed by atoms with E-state index in [0.717, 1.165) is 11.3 Å². The van der Waals surface area contributed by atoms with Crippen molar-refractivity contribution in [2.75, 3.05) is 26.2 Å². The lowest BCUT2D eigenvalue weighted by molar-refractivity contribution is -0.266. The average Bonchev–Trinajstić information content (AvgIpc) is 2.67. The molecule has 1 aliphatic carbocycles. The Labute approximate surface area is 177 Å². The number of aromatic nitrogens is 1. The highest BCUT2D eigenvalue weighted by atomic mass is 79.9. The van der Waals surface area contributed by atoms with Crippen molar-refractivity contribution in [3.8, 4) is 5.75 Å². The van der Waals surface area contributed by atoms with E-state index < -0.39 is 5.79 Å². The van der Waals surface area contributed by atoms with Crippen LogP contribution in [0.3, 0.4) is 0 Å². The van der Waals surface area contributed by atoms with Crippen molar-refractivity contribution in [3.05, 3.63) is 51.6 Å². The van der Waals surface area contributed by atoms with Gasteiger partial charge in [0.15, 0.2) is 5.79 Å². The van der Waals surface area contributed by atoms with Gasteiger partial charge in [-0.25, -0.2) is 4.98 Å². The summed E-state index contributed by atoms with van der Waals surface area (Å²) >= 11 is 9.51. The summed E-state index contributed by atoms with van der Waals surface area (Å²) in [6.07, 6.45) is 2.54. The number of ether oxygens (including phenoxy) is 3. The van der Waals surface area contributed by atoms with Crippen LogP contribution < -0.4 is 9.64 Å². The van der Waals surface area contributed by atoms with Crippen LogP contribution in [0.25, 0.3) is 0 Å².